The van der Waals surface area contributed by atoms with E-state index in [1.165, 1.54) is 4.57 Å². The van der Waals surface area contributed by atoms with Gasteiger partial charge in [-0.2, -0.15) is 18.2 Å². The quantitative estimate of drug-likeness (QED) is 0.854. The number of hydrogen-bond donors (Lipinski definition) is 0. The Morgan fingerprint density at radius 2 is 2.00 bits per heavy atom. The number of aromatic nitrogens is 2. The molecule has 0 atom stereocenters. The van der Waals surface area contributed by atoms with E-state index in [1.54, 1.807) is 13.8 Å². The second-order valence-corrected chi connectivity index (χ2v) is 5.28. The molecule has 96 valence electrons. The standard InChI is InChI=1S/C9H10BrF3N2OS/c1-5-7(10)6(2)15(8(16)14-5)3-4-17-9(11,12)13/h3-4H2,1-2H3. The zero-order chi connectivity index (χ0) is 13.2. The van der Waals surface area contributed by atoms with E-state index in [2.05, 4.69) is 20.9 Å². The predicted octanol–water partition coefficient (Wildman–Crippen LogP) is 2.88. The fourth-order valence-electron chi connectivity index (χ4n) is 1.29. The monoisotopic (exact) mass is 330 g/mol. The zero-order valence-electron chi connectivity index (χ0n) is 9.14. The number of rotatable bonds is 3. The van der Waals surface area contributed by atoms with Gasteiger partial charge >= 0.3 is 11.2 Å². The van der Waals surface area contributed by atoms with Crippen LogP contribution in [0.15, 0.2) is 9.27 Å². The third-order valence-corrected chi connectivity index (χ3v) is 3.98. The van der Waals surface area contributed by atoms with Crippen molar-refractivity contribution in [2.45, 2.75) is 25.9 Å². The third kappa shape index (κ3) is 4.02. The van der Waals surface area contributed by atoms with E-state index in [0.29, 0.717) is 15.9 Å². The lowest BCUT2D eigenvalue weighted by atomic mass is 10.3. The maximum atomic E-state index is 12.0. The lowest BCUT2D eigenvalue weighted by Crippen LogP contribution is -2.27. The van der Waals surface area contributed by atoms with Crippen molar-refractivity contribution in [2.24, 2.45) is 0 Å². The van der Waals surface area contributed by atoms with Crippen molar-refractivity contribution in [1.29, 1.82) is 0 Å². The molecule has 8 heteroatoms. The second-order valence-electron chi connectivity index (χ2n) is 3.33. The van der Waals surface area contributed by atoms with Crippen molar-refractivity contribution in [3.05, 3.63) is 26.3 Å². The van der Waals surface area contributed by atoms with Crippen LogP contribution >= 0.6 is 27.7 Å². The first-order valence-corrected chi connectivity index (χ1v) is 6.44. The number of halogens is 4. The van der Waals surface area contributed by atoms with Gasteiger partial charge in [0.1, 0.15) is 0 Å². The number of aryl methyl sites for hydroxylation is 1. The van der Waals surface area contributed by atoms with Crippen LogP contribution < -0.4 is 5.69 Å². The number of hydrogen-bond acceptors (Lipinski definition) is 3. The highest BCUT2D eigenvalue weighted by Crippen LogP contribution is 2.30. The number of nitrogens with zero attached hydrogens (tertiary/aromatic N) is 2. The van der Waals surface area contributed by atoms with Crippen molar-refractivity contribution in [3.8, 4) is 0 Å². The van der Waals surface area contributed by atoms with Crippen molar-refractivity contribution >= 4 is 27.7 Å². The minimum Gasteiger partial charge on any atom is -0.295 e. The van der Waals surface area contributed by atoms with Gasteiger partial charge in [0.2, 0.25) is 0 Å². The maximum absolute atomic E-state index is 12.0. The van der Waals surface area contributed by atoms with Crippen LogP contribution in [0.4, 0.5) is 13.2 Å². The molecule has 0 fully saturated rings. The smallest absolute Gasteiger partial charge is 0.295 e. The normalized spacial score (nSPS) is 11.9. The summed E-state index contributed by atoms with van der Waals surface area (Å²) < 4.78 is 37.7. The second kappa shape index (κ2) is 5.43. The van der Waals surface area contributed by atoms with E-state index in [4.69, 9.17) is 0 Å². The van der Waals surface area contributed by atoms with Crippen LogP contribution in [-0.4, -0.2) is 20.8 Å². The summed E-state index contributed by atoms with van der Waals surface area (Å²) in [6, 6.07) is 0. The van der Waals surface area contributed by atoms with Gasteiger partial charge in [-0.1, -0.05) is 0 Å². The van der Waals surface area contributed by atoms with Gasteiger partial charge < -0.3 is 0 Å². The van der Waals surface area contributed by atoms with Gasteiger partial charge in [0, 0.05) is 18.0 Å². The van der Waals surface area contributed by atoms with Crippen molar-refractivity contribution in [3.63, 3.8) is 0 Å². The molecule has 0 saturated heterocycles. The summed E-state index contributed by atoms with van der Waals surface area (Å²) in [4.78, 5) is 15.2. The molecule has 0 N–H and O–H groups in total. The molecule has 0 spiro atoms. The largest absolute Gasteiger partial charge is 0.441 e. The van der Waals surface area contributed by atoms with Crippen LogP contribution in [0.2, 0.25) is 0 Å². The Bertz CT molecular complexity index is 473. The predicted molar refractivity (Wildman–Crippen MR) is 64.2 cm³/mol. The summed E-state index contributed by atoms with van der Waals surface area (Å²) in [5.74, 6) is -0.207. The van der Waals surface area contributed by atoms with Gasteiger partial charge in [0.05, 0.1) is 10.2 Å². The molecule has 1 rings (SSSR count). The van der Waals surface area contributed by atoms with E-state index in [9.17, 15) is 18.0 Å². The Morgan fingerprint density at radius 1 is 1.41 bits per heavy atom. The van der Waals surface area contributed by atoms with Gasteiger partial charge in [-0.25, -0.2) is 4.79 Å². The van der Waals surface area contributed by atoms with Crippen LogP contribution in [0, 0.1) is 13.8 Å². The van der Waals surface area contributed by atoms with Gasteiger partial charge in [0.25, 0.3) is 0 Å². The molecule has 1 heterocycles. The van der Waals surface area contributed by atoms with Crippen molar-refractivity contribution in [2.75, 3.05) is 5.75 Å². The lowest BCUT2D eigenvalue weighted by molar-refractivity contribution is -0.0328. The van der Waals surface area contributed by atoms with Crippen LogP contribution in [0.5, 0.6) is 0 Å². The van der Waals surface area contributed by atoms with E-state index in [1.807, 2.05) is 0 Å². The molecule has 0 radical (unpaired) electrons. The zero-order valence-corrected chi connectivity index (χ0v) is 11.5. The third-order valence-electron chi connectivity index (χ3n) is 2.12. The van der Waals surface area contributed by atoms with Crippen molar-refractivity contribution in [1.82, 2.24) is 9.55 Å². The average Bonchev–Trinajstić information content (AvgIpc) is 2.18. The van der Waals surface area contributed by atoms with Gasteiger partial charge in [-0.05, 0) is 41.5 Å². The molecule has 0 amide bonds. The molecule has 0 bridgehead atoms. The lowest BCUT2D eigenvalue weighted by Gasteiger charge is -2.12. The molecule has 0 aromatic carbocycles. The number of alkyl halides is 3. The van der Waals surface area contributed by atoms with E-state index < -0.39 is 11.2 Å². The van der Waals surface area contributed by atoms with Crippen LogP contribution in [-0.2, 0) is 6.54 Å². The molecule has 3 nitrogen and oxygen atoms in total. The summed E-state index contributed by atoms with van der Waals surface area (Å²) >= 11 is 3.10. The first-order chi connectivity index (χ1) is 7.72. The summed E-state index contributed by atoms with van der Waals surface area (Å²) in [6.45, 7) is 3.31. The molecule has 0 saturated carbocycles. The summed E-state index contributed by atoms with van der Waals surface area (Å²) in [6.07, 6.45) is 0. The highest BCUT2D eigenvalue weighted by Gasteiger charge is 2.27. The topological polar surface area (TPSA) is 34.9 Å². The van der Waals surface area contributed by atoms with E-state index >= 15 is 0 Å². The van der Waals surface area contributed by atoms with Crippen LogP contribution in [0.25, 0.3) is 0 Å². The minimum absolute atomic E-state index is 0.0132. The molecule has 1 aromatic rings. The van der Waals surface area contributed by atoms with Gasteiger partial charge in [-0.3, -0.25) is 4.57 Å². The maximum Gasteiger partial charge on any atom is 0.441 e. The van der Waals surface area contributed by atoms with Gasteiger partial charge in [0.15, 0.2) is 0 Å². The fourth-order valence-corrected chi connectivity index (χ4v) is 2.10. The SMILES string of the molecule is Cc1nc(=O)n(CCSC(F)(F)F)c(C)c1Br. The molecular weight excluding hydrogens is 321 g/mol. The number of thioether (sulfide) groups is 1. The molecule has 1 aromatic heterocycles. The first-order valence-electron chi connectivity index (χ1n) is 4.66. The fraction of sp³-hybridized carbons (Fsp3) is 0.556. The summed E-state index contributed by atoms with van der Waals surface area (Å²) in [5.41, 5.74) is -3.67. The van der Waals surface area contributed by atoms with Crippen LogP contribution in [0.1, 0.15) is 11.4 Å². The molecular formula is C9H10BrF3N2OS. The Labute approximate surface area is 109 Å². The van der Waals surface area contributed by atoms with Gasteiger partial charge in [-0.15, -0.1) is 0 Å². The molecule has 0 aliphatic rings. The Hall–Kier alpha value is -0.500. The average molecular weight is 331 g/mol. The Morgan fingerprint density at radius 3 is 2.53 bits per heavy atom. The van der Waals surface area contributed by atoms with Crippen molar-refractivity contribution < 1.29 is 13.2 Å². The van der Waals surface area contributed by atoms with Crippen LogP contribution in [0.3, 0.4) is 0 Å². The highest BCUT2D eigenvalue weighted by molar-refractivity contribution is 9.10. The molecule has 0 aliphatic heterocycles. The first kappa shape index (κ1) is 14.6. The highest BCUT2D eigenvalue weighted by atomic mass is 79.9. The van der Waals surface area contributed by atoms with E-state index in [-0.39, 0.29) is 24.1 Å². The molecule has 0 unspecified atom stereocenters. The molecule has 17 heavy (non-hydrogen) atoms. The van der Waals surface area contributed by atoms with E-state index in [0.717, 1.165) is 0 Å². The Balaban J connectivity index is 2.86. The molecule has 0 aliphatic carbocycles. The summed E-state index contributed by atoms with van der Waals surface area (Å²) in [5, 5.41) is 0. The summed E-state index contributed by atoms with van der Waals surface area (Å²) in [7, 11) is 0. The minimum atomic E-state index is -4.27. The Kier molecular flexibility index (Phi) is 4.65.